The largest absolute Gasteiger partial charge is 0.324 e. The molecule has 5 nitrogen and oxygen atoms in total. The Morgan fingerprint density at radius 2 is 1.93 bits per heavy atom. The minimum absolute atomic E-state index is 0.238. The summed E-state index contributed by atoms with van der Waals surface area (Å²) in [5.74, 6) is -0.313. The number of carbonyl (C=O) groups excluding carboxylic acids is 1. The molecule has 0 saturated carbocycles. The van der Waals surface area contributed by atoms with Gasteiger partial charge in [0, 0.05) is 15.6 Å². The average molecular weight is 424 g/mol. The number of halogens is 1. The Bertz CT molecular complexity index is 1260. The number of nitrogens with zero attached hydrogens (tertiary/aromatic N) is 2. The molecule has 1 N–H and O–H groups in total. The van der Waals surface area contributed by atoms with E-state index in [1.54, 1.807) is 19.1 Å². The van der Waals surface area contributed by atoms with Gasteiger partial charge in [-0.3, -0.25) is 14.2 Å². The summed E-state index contributed by atoms with van der Waals surface area (Å²) in [6.45, 7) is 3.56. The number of aryl methyl sites for hydroxylation is 1. The van der Waals surface area contributed by atoms with Gasteiger partial charge in [-0.25, -0.2) is 4.98 Å². The van der Waals surface area contributed by atoms with E-state index in [0.29, 0.717) is 20.9 Å². The molecule has 7 heteroatoms. The predicted octanol–water partition coefficient (Wildman–Crippen LogP) is 5.29. The number of carbonyl (C=O) groups is 1. The van der Waals surface area contributed by atoms with Crippen molar-refractivity contribution in [2.75, 3.05) is 5.32 Å². The zero-order valence-corrected chi connectivity index (χ0v) is 17.4. The molecule has 146 valence electrons. The first-order valence-corrected chi connectivity index (χ1v) is 10.3. The second kappa shape index (κ2) is 7.81. The average Bonchev–Trinajstić information content (AvgIpc) is 3.16. The van der Waals surface area contributed by atoms with E-state index >= 15 is 0 Å². The molecule has 1 atom stereocenters. The fraction of sp³-hybridized carbons (Fsp3) is 0.136. The summed E-state index contributed by atoms with van der Waals surface area (Å²) in [5, 5.41) is 3.89. The molecule has 0 fully saturated rings. The van der Waals surface area contributed by atoms with Gasteiger partial charge in [0.2, 0.25) is 5.91 Å². The second-order valence-electron chi connectivity index (χ2n) is 6.78. The minimum atomic E-state index is -0.723. The number of thiophene rings is 1. The van der Waals surface area contributed by atoms with Gasteiger partial charge in [-0.15, -0.1) is 11.3 Å². The lowest BCUT2D eigenvalue weighted by Crippen LogP contribution is -2.31. The molecule has 0 spiro atoms. The molecule has 1 amide bonds. The van der Waals surface area contributed by atoms with Crippen LogP contribution in [0.3, 0.4) is 0 Å². The van der Waals surface area contributed by atoms with Crippen molar-refractivity contribution >= 4 is 44.7 Å². The summed E-state index contributed by atoms with van der Waals surface area (Å²) < 4.78 is 1.36. The van der Waals surface area contributed by atoms with Gasteiger partial charge in [-0.2, -0.15) is 0 Å². The number of amides is 1. The van der Waals surface area contributed by atoms with E-state index < -0.39 is 6.04 Å². The Morgan fingerprint density at radius 1 is 1.17 bits per heavy atom. The van der Waals surface area contributed by atoms with E-state index in [0.717, 1.165) is 16.0 Å². The molecule has 0 saturated heterocycles. The first-order chi connectivity index (χ1) is 13.9. The Morgan fingerprint density at radius 3 is 2.66 bits per heavy atom. The smallest absolute Gasteiger partial charge is 0.262 e. The maximum atomic E-state index is 13.0. The summed E-state index contributed by atoms with van der Waals surface area (Å²) in [7, 11) is 0. The number of hydrogen-bond donors (Lipinski definition) is 1. The zero-order chi connectivity index (χ0) is 20.5. The van der Waals surface area contributed by atoms with Crippen molar-refractivity contribution in [1.82, 2.24) is 9.55 Å². The molecule has 1 unspecified atom stereocenters. The molecule has 0 aliphatic rings. The summed E-state index contributed by atoms with van der Waals surface area (Å²) in [4.78, 5) is 31.7. The molecule has 0 aliphatic carbocycles. The third kappa shape index (κ3) is 3.81. The lowest BCUT2D eigenvalue weighted by Gasteiger charge is -2.15. The molecule has 2 aromatic carbocycles. The molecular formula is C22H18ClN3O2S. The van der Waals surface area contributed by atoms with Crippen LogP contribution in [0.4, 0.5) is 5.69 Å². The first-order valence-electron chi connectivity index (χ1n) is 9.07. The van der Waals surface area contributed by atoms with E-state index in [-0.39, 0.29) is 11.5 Å². The topological polar surface area (TPSA) is 64.0 Å². The summed E-state index contributed by atoms with van der Waals surface area (Å²) in [5.41, 5.74) is 2.30. The fourth-order valence-electron chi connectivity index (χ4n) is 3.00. The number of rotatable bonds is 4. The Balaban J connectivity index is 1.64. The number of fused-ring (bicyclic) bond motifs is 1. The molecule has 0 aliphatic heterocycles. The SMILES string of the molecule is Cc1ccc(NC(=O)C(C)n2cnc3sc(-c4ccccc4)cc3c2=O)cc1Cl. The highest BCUT2D eigenvalue weighted by Crippen LogP contribution is 2.30. The van der Waals surface area contributed by atoms with Crippen LogP contribution in [0.25, 0.3) is 20.7 Å². The van der Waals surface area contributed by atoms with Crippen LogP contribution < -0.4 is 10.9 Å². The van der Waals surface area contributed by atoms with Gasteiger partial charge in [0.25, 0.3) is 5.56 Å². The van der Waals surface area contributed by atoms with Crippen LogP contribution in [0, 0.1) is 6.92 Å². The van der Waals surface area contributed by atoms with Gasteiger partial charge >= 0.3 is 0 Å². The van der Waals surface area contributed by atoms with Crippen LogP contribution in [0.2, 0.25) is 5.02 Å². The highest BCUT2D eigenvalue weighted by Gasteiger charge is 2.19. The van der Waals surface area contributed by atoms with Gasteiger partial charge in [0.05, 0.1) is 11.7 Å². The number of aromatic nitrogens is 2. The van der Waals surface area contributed by atoms with Crippen molar-refractivity contribution in [3.63, 3.8) is 0 Å². The van der Waals surface area contributed by atoms with Crippen molar-refractivity contribution in [2.24, 2.45) is 0 Å². The van der Waals surface area contributed by atoms with Crippen molar-refractivity contribution in [1.29, 1.82) is 0 Å². The highest BCUT2D eigenvalue weighted by atomic mass is 35.5. The van der Waals surface area contributed by atoms with Gasteiger partial charge in [0.1, 0.15) is 10.9 Å². The lowest BCUT2D eigenvalue weighted by molar-refractivity contribution is -0.118. The highest BCUT2D eigenvalue weighted by molar-refractivity contribution is 7.21. The standard InChI is InChI=1S/C22H18ClN3O2S/c1-13-8-9-16(10-18(13)23)25-20(27)14(2)26-12-24-21-17(22(26)28)11-19(29-21)15-6-4-3-5-7-15/h3-12,14H,1-2H3,(H,25,27). The van der Waals surface area contributed by atoms with Crippen molar-refractivity contribution in [3.05, 3.63) is 81.9 Å². The van der Waals surface area contributed by atoms with Crippen LogP contribution in [0.1, 0.15) is 18.5 Å². The van der Waals surface area contributed by atoms with Gasteiger partial charge in [-0.1, -0.05) is 48.0 Å². The van der Waals surface area contributed by atoms with Crippen molar-refractivity contribution < 1.29 is 4.79 Å². The van der Waals surface area contributed by atoms with Gasteiger partial charge in [-0.05, 0) is 43.2 Å². The van der Waals surface area contributed by atoms with E-state index in [2.05, 4.69) is 10.3 Å². The maximum absolute atomic E-state index is 13.0. The molecule has 4 aromatic rings. The van der Waals surface area contributed by atoms with E-state index in [4.69, 9.17) is 11.6 Å². The zero-order valence-electron chi connectivity index (χ0n) is 15.8. The number of hydrogen-bond acceptors (Lipinski definition) is 4. The summed E-state index contributed by atoms with van der Waals surface area (Å²) in [6.07, 6.45) is 1.43. The van der Waals surface area contributed by atoms with Crippen LogP contribution in [-0.2, 0) is 4.79 Å². The van der Waals surface area contributed by atoms with Crippen LogP contribution in [-0.4, -0.2) is 15.5 Å². The monoisotopic (exact) mass is 423 g/mol. The third-order valence-corrected chi connectivity index (χ3v) is 6.27. The van der Waals surface area contributed by atoms with Gasteiger partial charge < -0.3 is 5.32 Å². The third-order valence-electron chi connectivity index (χ3n) is 4.77. The normalized spacial score (nSPS) is 12.1. The van der Waals surface area contributed by atoms with Crippen molar-refractivity contribution in [3.8, 4) is 10.4 Å². The summed E-state index contributed by atoms with van der Waals surface area (Å²) in [6, 6.07) is 16.3. The quantitative estimate of drug-likeness (QED) is 0.485. The van der Waals surface area contributed by atoms with Crippen molar-refractivity contribution in [2.45, 2.75) is 19.9 Å². The molecule has 2 aromatic heterocycles. The Hall–Kier alpha value is -2.96. The van der Waals surface area contributed by atoms with Crippen LogP contribution in [0.15, 0.2) is 65.7 Å². The summed E-state index contributed by atoms with van der Waals surface area (Å²) >= 11 is 7.58. The van der Waals surface area contributed by atoms with Crippen LogP contribution in [0.5, 0.6) is 0 Å². The molecule has 0 bridgehead atoms. The first kappa shape index (κ1) is 19.4. The molecular weight excluding hydrogens is 406 g/mol. The maximum Gasteiger partial charge on any atom is 0.262 e. The molecule has 29 heavy (non-hydrogen) atoms. The predicted molar refractivity (Wildman–Crippen MR) is 119 cm³/mol. The van der Waals surface area contributed by atoms with Crippen LogP contribution >= 0.6 is 22.9 Å². The molecule has 0 radical (unpaired) electrons. The van der Waals surface area contributed by atoms with E-state index in [1.165, 1.54) is 22.2 Å². The number of benzene rings is 2. The minimum Gasteiger partial charge on any atom is -0.324 e. The Kier molecular flexibility index (Phi) is 5.22. The van der Waals surface area contributed by atoms with E-state index in [1.807, 2.05) is 49.4 Å². The van der Waals surface area contributed by atoms with Gasteiger partial charge in [0.15, 0.2) is 0 Å². The number of anilines is 1. The number of nitrogens with one attached hydrogen (secondary N) is 1. The lowest BCUT2D eigenvalue weighted by atomic mass is 10.2. The fourth-order valence-corrected chi connectivity index (χ4v) is 4.18. The Labute approximate surface area is 176 Å². The molecule has 2 heterocycles. The second-order valence-corrected chi connectivity index (χ2v) is 8.22. The van der Waals surface area contributed by atoms with E-state index in [9.17, 15) is 9.59 Å². The molecule has 4 rings (SSSR count).